The Morgan fingerprint density at radius 1 is 1.00 bits per heavy atom. The third-order valence-corrected chi connectivity index (χ3v) is 5.14. The summed E-state index contributed by atoms with van der Waals surface area (Å²) in [5, 5.41) is 11.2. The molecule has 0 aliphatic carbocycles. The SMILES string of the molecule is COC(=O)N1CCc2cc(C=Cc3ccc4cc(C#N)ccc4c3)ccc2C1. The zero-order valence-electron chi connectivity index (χ0n) is 15.7. The van der Waals surface area contributed by atoms with Crippen LogP contribution in [0.2, 0.25) is 0 Å². The van der Waals surface area contributed by atoms with Crippen LogP contribution < -0.4 is 0 Å². The van der Waals surface area contributed by atoms with Gasteiger partial charge in [-0.25, -0.2) is 4.79 Å². The summed E-state index contributed by atoms with van der Waals surface area (Å²) >= 11 is 0. The second kappa shape index (κ2) is 7.58. The van der Waals surface area contributed by atoms with E-state index in [1.807, 2.05) is 24.3 Å². The van der Waals surface area contributed by atoms with E-state index in [9.17, 15) is 4.79 Å². The van der Waals surface area contributed by atoms with Crippen molar-refractivity contribution in [3.8, 4) is 6.07 Å². The van der Waals surface area contributed by atoms with Gasteiger partial charge in [0.1, 0.15) is 0 Å². The summed E-state index contributed by atoms with van der Waals surface area (Å²) in [6.45, 7) is 1.28. The van der Waals surface area contributed by atoms with Crippen LogP contribution in [0, 0.1) is 11.3 Å². The minimum absolute atomic E-state index is 0.271. The van der Waals surface area contributed by atoms with Crippen LogP contribution in [0.3, 0.4) is 0 Å². The number of ether oxygens (including phenoxy) is 1. The number of nitriles is 1. The molecule has 0 spiro atoms. The van der Waals surface area contributed by atoms with Gasteiger partial charge in [0.25, 0.3) is 0 Å². The molecule has 28 heavy (non-hydrogen) atoms. The molecule has 0 radical (unpaired) electrons. The lowest BCUT2D eigenvalue weighted by molar-refractivity contribution is 0.118. The molecule has 1 heterocycles. The lowest BCUT2D eigenvalue weighted by Crippen LogP contribution is -2.35. The van der Waals surface area contributed by atoms with E-state index in [0.29, 0.717) is 18.7 Å². The molecule has 0 unspecified atom stereocenters. The number of methoxy groups -OCH3 is 1. The van der Waals surface area contributed by atoms with Gasteiger partial charge in [-0.2, -0.15) is 5.26 Å². The first-order valence-corrected chi connectivity index (χ1v) is 9.23. The second-order valence-corrected chi connectivity index (χ2v) is 6.94. The minimum Gasteiger partial charge on any atom is -0.453 e. The number of carbonyl (C=O) groups excluding carboxylic acids is 1. The first kappa shape index (κ1) is 17.8. The molecule has 4 nitrogen and oxygen atoms in total. The van der Waals surface area contributed by atoms with E-state index in [1.165, 1.54) is 18.2 Å². The third-order valence-electron chi connectivity index (χ3n) is 5.14. The van der Waals surface area contributed by atoms with Gasteiger partial charge in [-0.3, -0.25) is 0 Å². The number of hydrogen-bond acceptors (Lipinski definition) is 3. The molecule has 0 aromatic heterocycles. The van der Waals surface area contributed by atoms with Gasteiger partial charge in [0, 0.05) is 13.1 Å². The monoisotopic (exact) mass is 368 g/mol. The first-order chi connectivity index (χ1) is 13.7. The van der Waals surface area contributed by atoms with Crippen LogP contribution in [0.4, 0.5) is 4.79 Å². The third kappa shape index (κ3) is 3.60. The van der Waals surface area contributed by atoms with Crippen molar-refractivity contribution in [1.29, 1.82) is 5.26 Å². The van der Waals surface area contributed by atoms with Crippen LogP contribution in [0.1, 0.15) is 27.8 Å². The van der Waals surface area contributed by atoms with Gasteiger partial charge >= 0.3 is 6.09 Å². The van der Waals surface area contributed by atoms with E-state index in [0.717, 1.165) is 28.3 Å². The highest BCUT2D eigenvalue weighted by molar-refractivity contribution is 5.87. The van der Waals surface area contributed by atoms with Crippen LogP contribution in [0.5, 0.6) is 0 Å². The Balaban J connectivity index is 1.53. The first-order valence-electron chi connectivity index (χ1n) is 9.23. The van der Waals surface area contributed by atoms with E-state index in [2.05, 4.69) is 48.6 Å². The number of hydrogen-bond donors (Lipinski definition) is 0. The van der Waals surface area contributed by atoms with Crippen molar-refractivity contribution in [3.63, 3.8) is 0 Å². The van der Waals surface area contributed by atoms with Crippen molar-refractivity contribution >= 4 is 29.0 Å². The second-order valence-electron chi connectivity index (χ2n) is 6.94. The lowest BCUT2D eigenvalue weighted by Gasteiger charge is -2.27. The van der Waals surface area contributed by atoms with Crippen molar-refractivity contribution in [2.45, 2.75) is 13.0 Å². The molecular formula is C24H20N2O2. The predicted octanol–water partition coefficient (Wildman–Crippen LogP) is 5.01. The Kier molecular flexibility index (Phi) is 4.82. The average molecular weight is 368 g/mol. The molecule has 0 N–H and O–H groups in total. The van der Waals surface area contributed by atoms with Crippen LogP contribution in [-0.4, -0.2) is 24.6 Å². The van der Waals surface area contributed by atoms with Crippen LogP contribution in [0.15, 0.2) is 54.6 Å². The standard InChI is InChI=1S/C24H20N2O2/c1-28-24(27)26-11-10-22-13-18(5-9-23(22)16-26)3-2-17-4-7-21-14-19(15-25)6-8-20(21)12-17/h2-9,12-14H,10-11,16H2,1H3. The molecule has 0 fully saturated rings. The quantitative estimate of drug-likeness (QED) is 0.598. The number of benzene rings is 3. The van der Waals surface area contributed by atoms with Gasteiger partial charge in [-0.15, -0.1) is 0 Å². The maximum absolute atomic E-state index is 11.7. The summed E-state index contributed by atoms with van der Waals surface area (Å²) < 4.78 is 4.82. The molecule has 1 aliphatic heterocycles. The molecule has 138 valence electrons. The normalized spacial score (nSPS) is 13.4. The Hall–Kier alpha value is -3.58. The summed E-state index contributed by atoms with van der Waals surface area (Å²) in [4.78, 5) is 13.4. The van der Waals surface area contributed by atoms with Crippen LogP contribution >= 0.6 is 0 Å². The highest BCUT2D eigenvalue weighted by Crippen LogP contribution is 2.23. The molecule has 3 aromatic carbocycles. The molecule has 4 heteroatoms. The molecule has 0 atom stereocenters. The van der Waals surface area contributed by atoms with Gasteiger partial charge in [0.15, 0.2) is 0 Å². The summed E-state index contributed by atoms with van der Waals surface area (Å²) in [5.41, 5.74) is 5.39. The maximum atomic E-state index is 11.7. The van der Waals surface area contributed by atoms with Crippen molar-refractivity contribution in [2.75, 3.05) is 13.7 Å². The summed E-state index contributed by atoms with van der Waals surface area (Å²) in [6, 6.07) is 20.5. The summed E-state index contributed by atoms with van der Waals surface area (Å²) in [6.07, 6.45) is 4.78. The molecule has 0 saturated carbocycles. The smallest absolute Gasteiger partial charge is 0.409 e. The van der Waals surface area contributed by atoms with E-state index in [1.54, 1.807) is 4.90 Å². The van der Waals surface area contributed by atoms with E-state index < -0.39 is 0 Å². The Morgan fingerprint density at radius 2 is 1.71 bits per heavy atom. The number of amides is 1. The topological polar surface area (TPSA) is 53.3 Å². The summed E-state index contributed by atoms with van der Waals surface area (Å²) in [7, 11) is 1.42. The van der Waals surface area contributed by atoms with Gasteiger partial charge in [-0.1, -0.05) is 48.6 Å². The molecular weight excluding hydrogens is 348 g/mol. The number of carbonyl (C=O) groups is 1. The molecule has 1 aliphatic rings. The molecule has 3 aromatic rings. The van der Waals surface area contributed by atoms with Gasteiger partial charge < -0.3 is 9.64 Å². The fraction of sp³-hybridized carbons (Fsp3) is 0.167. The number of fused-ring (bicyclic) bond motifs is 2. The van der Waals surface area contributed by atoms with Crippen LogP contribution in [0.25, 0.3) is 22.9 Å². The van der Waals surface area contributed by atoms with E-state index in [4.69, 9.17) is 10.00 Å². The minimum atomic E-state index is -0.271. The predicted molar refractivity (Wildman–Crippen MR) is 111 cm³/mol. The van der Waals surface area contributed by atoms with Gasteiger partial charge in [0.05, 0.1) is 18.7 Å². The molecule has 0 saturated heterocycles. The number of rotatable bonds is 2. The highest BCUT2D eigenvalue weighted by atomic mass is 16.5. The fourth-order valence-corrected chi connectivity index (χ4v) is 3.59. The number of nitrogens with zero attached hydrogens (tertiary/aromatic N) is 2. The zero-order chi connectivity index (χ0) is 19.5. The molecule has 0 bridgehead atoms. The zero-order valence-corrected chi connectivity index (χ0v) is 15.7. The Labute approximate surface area is 164 Å². The van der Waals surface area contributed by atoms with Gasteiger partial charge in [-0.05, 0) is 57.6 Å². The van der Waals surface area contributed by atoms with E-state index in [-0.39, 0.29) is 6.09 Å². The van der Waals surface area contributed by atoms with Crippen LogP contribution in [-0.2, 0) is 17.7 Å². The Bertz CT molecular complexity index is 1130. The van der Waals surface area contributed by atoms with Crippen molar-refractivity contribution < 1.29 is 9.53 Å². The van der Waals surface area contributed by atoms with E-state index >= 15 is 0 Å². The molecule has 4 rings (SSSR count). The highest BCUT2D eigenvalue weighted by Gasteiger charge is 2.20. The lowest BCUT2D eigenvalue weighted by atomic mass is 9.97. The fourth-order valence-electron chi connectivity index (χ4n) is 3.59. The summed E-state index contributed by atoms with van der Waals surface area (Å²) in [5.74, 6) is 0. The van der Waals surface area contributed by atoms with Crippen molar-refractivity contribution in [3.05, 3.63) is 82.4 Å². The molecule has 1 amide bonds. The van der Waals surface area contributed by atoms with Gasteiger partial charge in [0.2, 0.25) is 0 Å². The van der Waals surface area contributed by atoms with Crippen molar-refractivity contribution in [2.24, 2.45) is 0 Å². The average Bonchev–Trinajstić information content (AvgIpc) is 2.76. The largest absolute Gasteiger partial charge is 0.453 e. The Morgan fingerprint density at radius 3 is 2.50 bits per heavy atom. The maximum Gasteiger partial charge on any atom is 0.409 e. The van der Waals surface area contributed by atoms with Crippen molar-refractivity contribution in [1.82, 2.24) is 4.90 Å².